The molecular formula is C9H10O3. The molecule has 3 nitrogen and oxygen atoms in total. The Kier molecular flexibility index (Phi) is 1.53. The van der Waals surface area contributed by atoms with Gasteiger partial charge in [0.2, 0.25) is 0 Å². The molecule has 0 aromatic rings. The van der Waals surface area contributed by atoms with Gasteiger partial charge in [-0.05, 0) is 13.0 Å². The van der Waals surface area contributed by atoms with Crippen molar-refractivity contribution >= 4 is 11.8 Å². The maximum absolute atomic E-state index is 11.2. The van der Waals surface area contributed by atoms with Crippen molar-refractivity contribution in [3.63, 3.8) is 0 Å². The Morgan fingerprint density at radius 1 is 1.67 bits per heavy atom. The molecule has 0 aromatic carbocycles. The van der Waals surface area contributed by atoms with Crippen LogP contribution in [0.25, 0.3) is 0 Å². The van der Waals surface area contributed by atoms with Crippen LogP contribution in [-0.4, -0.2) is 18.4 Å². The average molecular weight is 166 g/mol. The molecule has 0 aliphatic heterocycles. The minimum absolute atomic E-state index is 0.0796. The zero-order valence-corrected chi connectivity index (χ0v) is 6.82. The zero-order chi connectivity index (χ0) is 8.72. The topological polar surface area (TPSA) is 43.4 Å². The van der Waals surface area contributed by atoms with Gasteiger partial charge in [-0.15, -0.1) is 0 Å². The van der Waals surface area contributed by atoms with Crippen molar-refractivity contribution in [2.75, 3.05) is 6.61 Å². The Labute approximate surface area is 70.4 Å². The largest absolute Gasteiger partial charge is 0.466 e. The van der Waals surface area contributed by atoms with Crippen molar-refractivity contribution in [2.24, 2.45) is 17.8 Å². The Balaban J connectivity index is 1.99. The monoisotopic (exact) mass is 166 g/mol. The van der Waals surface area contributed by atoms with E-state index in [-0.39, 0.29) is 29.5 Å². The molecule has 64 valence electrons. The highest BCUT2D eigenvalue weighted by Gasteiger charge is 2.60. The van der Waals surface area contributed by atoms with E-state index in [0.29, 0.717) is 6.61 Å². The van der Waals surface area contributed by atoms with Crippen molar-refractivity contribution in [2.45, 2.75) is 6.92 Å². The van der Waals surface area contributed by atoms with Crippen LogP contribution < -0.4 is 0 Å². The first-order valence-corrected chi connectivity index (χ1v) is 4.14. The summed E-state index contributed by atoms with van der Waals surface area (Å²) in [6.45, 7) is 2.17. The smallest absolute Gasteiger partial charge is 0.310 e. The van der Waals surface area contributed by atoms with E-state index in [9.17, 15) is 9.59 Å². The van der Waals surface area contributed by atoms with Crippen molar-refractivity contribution < 1.29 is 14.3 Å². The second-order valence-corrected chi connectivity index (χ2v) is 3.14. The fourth-order valence-electron chi connectivity index (χ4n) is 1.80. The summed E-state index contributed by atoms with van der Waals surface area (Å²) in [6.07, 6.45) is 3.37. The summed E-state index contributed by atoms with van der Waals surface area (Å²) >= 11 is 0. The highest BCUT2D eigenvalue weighted by molar-refractivity contribution is 6.02. The first-order valence-electron chi connectivity index (χ1n) is 4.14. The van der Waals surface area contributed by atoms with Crippen LogP contribution in [0.1, 0.15) is 6.92 Å². The van der Waals surface area contributed by atoms with Gasteiger partial charge in [0.05, 0.1) is 12.5 Å². The number of carbonyl (C=O) groups excluding carboxylic acids is 2. The van der Waals surface area contributed by atoms with E-state index in [4.69, 9.17) is 4.74 Å². The SMILES string of the molecule is CCOC(=O)[C@H]1C2C(=O)C=C[C@@H]21. The van der Waals surface area contributed by atoms with Crippen LogP contribution >= 0.6 is 0 Å². The summed E-state index contributed by atoms with van der Waals surface area (Å²) in [4.78, 5) is 22.2. The van der Waals surface area contributed by atoms with Gasteiger partial charge in [-0.3, -0.25) is 9.59 Å². The Morgan fingerprint density at radius 2 is 2.42 bits per heavy atom. The molecule has 1 saturated carbocycles. The minimum Gasteiger partial charge on any atom is -0.466 e. The molecule has 0 amide bonds. The average Bonchev–Trinajstić information content (AvgIpc) is 2.65. The molecule has 0 spiro atoms. The number of esters is 1. The third-order valence-corrected chi connectivity index (χ3v) is 2.45. The summed E-state index contributed by atoms with van der Waals surface area (Å²) in [5, 5.41) is 0. The highest BCUT2D eigenvalue weighted by atomic mass is 16.5. The Bertz CT molecular complexity index is 267. The van der Waals surface area contributed by atoms with Gasteiger partial charge >= 0.3 is 5.97 Å². The number of hydrogen-bond acceptors (Lipinski definition) is 3. The fraction of sp³-hybridized carbons (Fsp3) is 0.556. The summed E-state index contributed by atoms with van der Waals surface area (Å²) in [5.74, 6) is -0.230. The van der Waals surface area contributed by atoms with Gasteiger partial charge in [0.25, 0.3) is 0 Å². The standard InChI is InChI=1S/C9H10O3/c1-2-12-9(11)8-5-3-4-6(10)7(5)8/h3-5,7-8H,2H2,1H3/t5-,7?,8+/m0/s1. The van der Waals surface area contributed by atoms with E-state index < -0.39 is 0 Å². The van der Waals surface area contributed by atoms with E-state index in [2.05, 4.69) is 0 Å². The Hall–Kier alpha value is -1.12. The number of ketones is 1. The van der Waals surface area contributed by atoms with Crippen LogP contribution in [0.4, 0.5) is 0 Å². The predicted molar refractivity (Wildman–Crippen MR) is 41.3 cm³/mol. The maximum atomic E-state index is 11.2. The number of allylic oxidation sites excluding steroid dienone is 2. The summed E-state index contributed by atoms with van der Waals surface area (Å²) in [5.41, 5.74) is 0. The molecule has 1 unspecified atom stereocenters. The number of fused-ring (bicyclic) bond motifs is 1. The molecule has 0 bridgehead atoms. The molecule has 3 atom stereocenters. The molecule has 0 radical (unpaired) electrons. The van der Waals surface area contributed by atoms with E-state index >= 15 is 0 Å². The quantitative estimate of drug-likeness (QED) is 0.563. The Morgan fingerprint density at radius 3 is 2.92 bits per heavy atom. The fourth-order valence-corrected chi connectivity index (χ4v) is 1.80. The normalized spacial score (nSPS) is 36.4. The van der Waals surface area contributed by atoms with Crippen LogP contribution in [0.5, 0.6) is 0 Å². The van der Waals surface area contributed by atoms with Gasteiger partial charge in [0.15, 0.2) is 5.78 Å². The van der Waals surface area contributed by atoms with Crippen LogP contribution in [0.2, 0.25) is 0 Å². The first kappa shape index (κ1) is 7.53. The number of hydrogen-bond donors (Lipinski definition) is 0. The lowest BCUT2D eigenvalue weighted by Gasteiger charge is -1.99. The van der Waals surface area contributed by atoms with Gasteiger partial charge in [-0.25, -0.2) is 0 Å². The van der Waals surface area contributed by atoms with Gasteiger partial charge in [-0.2, -0.15) is 0 Å². The van der Waals surface area contributed by atoms with E-state index in [0.717, 1.165) is 0 Å². The van der Waals surface area contributed by atoms with Crippen molar-refractivity contribution in [3.8, 4) is 0 Å². The predicted octanol–water partition coefficient (Wildman–Crippen LogP) is 0.551. The van der Waals surface area contributed by atoms with Crippen molar-refractivity contribution in [3.05, 3.63) is 12.2 Å². The molecule has 0 N–H and O–H groups in total. The second-order valence-electron chi connectivity index (χ2n) is 3.14. The molecule has 0 aromatic heterocycles. The van der Waals surface area contributed by atoms with Gasteiger partial charge in [0, 0.05) is 11.8 Å². The van der Waals surface area contributed by atoms with E-state index in [1.165, 1.54) is 0 Å². The first-order chi connectivity index (χ1) is 5.75. The molecule has 2 aliphatic carbocycles. The molecular weight excluding hydrogens is 156 g/mol. The highest BCUT2D eigenvalue weighted by Crippen LogP contribution is 2.52. The summed E-state index contributed by atoms with van der Waals surface area (Å²) in [6, 6.07) is 0. The lowest BCUT2D eigenvalue weighted by atomic mass is 10.2. The van der Waals surface area contributed by atoms with Crippen LogP contribution in [0.15, 0.2) is 12.2 Å². The van der Waals surface area contributed by atoms with Crippen LogP contribution in [0.3, 0.4) is 0 Å². The minimum atomic E-state index is -0.217. The van der Waals surface area contributed by atoms with E-state index in [1.54, 1.807) is 13.0 Å². The third-order valence-electron chi connectivity index (χ3n) is 2.45. The van der Waals surface area contributed by atoms with Crippen LogP contribution in [-0.2, 0) is 14.3 Å². The lowest BCUT2D eigenvalue weighted by Crippen LogP contribution is -2.11. The molecule has 2 aliphatic rings. The van der Waals surface area contributed by atoms with Gasteiger partial charge in [0.1, 0.15) is 0 Å². The molecule has 1 fully saturated rings. The third kappa shape index (κ3) is 0.891. The molecule has 0 saturated heterocycles. The lowest BCUT2D eigenvalue weighted by molar-refractivity contribution is -0.145. The number of rotatable bonds is 2. The van der Waals surface area contributed by atoms with Gasteiger partial charge in [-0.1, -0.05) is 6.08 Å². The molecule has 2 rings (SSSR count). The summed E-state index contributed by atoms with van der Waals surface area (Å²) < 4.78 is 4.83. The van der Waals surface area contributed by atoms with Crippen LogP contribution in [0, 0.1) is 17.8 Å². The second kappa shape index (κ2) is 2.44. The molecule has 12 heavy (non-hydrogen) atoms. The summed E-state index contributed by atoms with van der Waals surface area (Å²) in [7, 11) is 0. The molecule has 0 heterocycles. The van der Waals surface area contributed by atoms with Gasteiger partial charge < -0.3 is 4.74 Å². The number of ether oxygens (including phenoxy) is 1. The maximum Gasteiger partial charge on any atom is 0.310 e. The van der Waals surface area contributed by atoms with E-state index in [1.807, 2.05) is 6.08 Å². The zero-order valence-electron chi connectivity index (χ0n) is 6.82. The number of carbonyl (C=O) groups is 2. The molecule has 3 heteroatoms. The van der Waals surface area contributed by atoms with Crippen molar-refractivity contribution in [1.82, 2.24) is 0 Å². The van der Waals surface area contributed by atoms with Crippen molar-refractivity contribution in [1.29, 1.82) is 0 Å².